The maximum atomic E-state index is 11.6. The summed E-state index contributed by atoms with van der Waals surface area (Å²) in [6.45, 7) is 8.43. The molecule has 288 valence electrons. The summed E-state index contributed by atoms with van der Waals surface area (Å²) in [6.07, 6.45) is 26.7. The van der Waals surface area contributed by atoms with Gasteiger partial charge < -0.3 is 9.64 Å². The number of benzene rings is 1. The lowest BCUT2D eigenvalue weighted by molar-refractivity contribution is -0.122. The van der Waals surface area contributed by atoms with Gasteiger partial charge in [0.1, 0.15) is 29.7 Å². The average molecular weight is 816 g/mol. The van der Waals surface area contributed by atoms with E-state index < -0.39 is 21.1 Å². The van der Waals surface area contributed by atoms with Gasteiger partial charge in [0, 0.05) is 85.3 Å². The molecule has 3 aromatic heterocycles. The molecule has 12 nitrogen and oxygen atoms in total. The number of aromatic nitrogens is 4. The van der Waals surface area contributed by atoms with Crippen molar-refractivity contribution in [3.8, 4) is 42.7 Å². The highest BCUT2D eigenvalue weighted by molar-refractivity contribution is 7.85. The van der Waals surface area contributed by atoms with Crippen molar-refractivity contribution in [1.29, 1.82) is 0 Å². The number of ether oxygens (including phenoxy) is 1. The van der Waals surface area contributed by atoms with Crippen LogP contribution in [0.4, 0.5) is 5.82 Å². The minimum absolute atomic E-state index is 0.235. The highest BCUT2D eigenvalue weighted by Gasteiger charge is 2.53. The van der Waals surface area contributed by atoms with E-state index in [1.54, 1.807) is 18.6 Å². The first kappa shape index (κ1) is 42.7. The fourth-order valence-corrected chi connectivity index (χ4v) is 8.86. The molecule has 2 aliphatic heterocycles. The minimum atomic E-state index is -3.67. The summed E-state index contributed by atoms with van der Waals surface area (Å²) in [6, 6.07) is 9.84. The number of carbonyl (C=O) groups is 1. The van der Waals surface area contributed by atoms with Gasteiger partial charge in [-0.25, -0.2) is 13.5 Å². The van der Waals surface area contributed by atoms with Crippen molar-refractivity contribution < 1.29 is 26.7 Å². The molecule has 4 aliphatic rings. The van der Waals surface area contributed by atoms with Crippen molar-refractivity contribution in [3.05, 3.63) is 64.5 Å². The van der Waals surface area contributed by atoms with Crippen LogP contribution in [0, 0.1) is 48.4 Å². The first-order chi connectivity index (χ1) is 25.5. The standard InChI is InChI=1S/C24H22Cl2N6O2S.C9H14O.2C2H2.CH4O3S/c1-35(33)32-13-24(14-32)11-31(12-24)22-5-2-15(7-28-22)23-17-6-16(3-4-21(17)29-30-23)34-10-18-19(25)8-27-9-20(18)26;1-9(2)6-3-4-7(9)8(10)5-6;2*1-2;1-5(2,3)4/h2-9H,10-14H2,1H3,(H,29,30);6-7H,3-5H2,1-2H3;2*1-2H;1H3,(H,2,3,4). The van der Waals surface area contributed by atoms with Crippen molar-refractivity contribution in [2.24, 2.45) is 22.7 Å². The van der Waals surface area contributed by atoms with Crippen molar-refractivity contribution in [1.82, 2.24) is 24.5 Å². The normalized spacial score (nSPS) is 20.6. The Morgan fingerprint density at radius 2 is 1.65 bits per heavy atom. The van der Waals surface area contributed by atoms with Crippen molar-refractivity contribution in [3.63, 3.8) is 0 Å². The molecule has 2 bridgehead atoms. The lowest BCUT2D eigenvalue weighted by Crippen LogP contribution is -2.72. The van der Waals surface area contributed by atoms with Crippen LogP contribution < -0.4 is 9.64 Å². The zero-order valence-corrected chi connectivity index (χ0v) is 33.7. The third kappa shape index (κ3) is 9.79. The van der Waals surface area contributed by atoms with E-state index >= 15 is 0 Å². The molecule has 1 spiro atoms. The van der Waals surface area contributed by atoms with E-state index in [2.05, 4.69) is 59.6 Å². The average Bonchev–Trinajstić information content (AvgIpc) is 3.71. The van der Waals surface area contributed by atoms with E-state index in [0.717, 1.165) is 67.0 Å². The molecular weight excluding hydrogens is 771 g/mol. The smallest absolute Gasteiger partial charge is 0.261 e. The number of halogens is 2. The Bertz CT molecular complexity index is 2090. The van der Waals surface area contributed by atoms with Crippen LogP contribution in [0.5, 0.6) is 5.75 Å². The van der Waals surface area contributed by atoms with Crippen LogP contribution in [-0.2, 0) is 32.5 Å². The van der Waals surface area contributed by atoms with Crippen LogP contribution in [0.2, 0.25) is 10.0 Å². The number of nitrogens with one attached hydrogen (secondary N) is 1. The molecule has 16 heteroatoms. The molecule has 0 amide bonds. The Balaban J connectivity index is 0.000000282. The second-order valence-corrected chi connectivity index (χ2v) is 17.8. The van der Waals surface area contributed by atoms with Gasteiger partial charge in [0.15, 0.2) is 0 Å². The number of H-pyrrole nitrogens is 1. The molecule has 5 heterocycles. The topological polar surface area (TPSA) is 159 Å². The zero-order chi connectivity index (χ0) is 40.0. The maximum absolute atomic E-state index is 11.6. The van der Waals surface area contributed by atoms with Gasteiger partial charge in [0.25, 0.3) is 10.1 Å². The van der Waals surface area contributed by atoms with Crippen molar-refractivity contribution in [2.45, 2.75) is 39.7 Å². The van der Waals surface area contributed by atoms with Gasteiger partial charge in [-0.3, -0.25) is 19.4 Å². The number of fused-ring (bicyclic) bond motifs is 3. The van der Waals surface area contributed by atoms with Crippen molar-refractivity contribution >= 4 is 66.8 Å². The van der Waals surface area contributed by atoms with Crippen LogP contribution in [0.3, 0.4) is 0 Å². The fraction of sp³-hybridized carbons (Fsp3) is 0.421. The molecule has 2 saturated heterocycles. The van der Waals surface area contributed by atoms with Gasteiger partial charge in [0.2, 0.25) is 0 Å². The predicted octanol–water partition coefficient (Wildman–Crippen LogP) is 6.34. The SMILES string of the molecule is C#C.C#C.CC1(C)C2CCC1C(=O)C2.CS(=O)(=O)O.CS(=O)N1CC2(CN(c3ccc(-c4n[nH]c5ccc(OCc6c(Cl)cncc6Cl)cc45)cn3)C2)C1. The van der Waals surface area contributed by atoms with Gasteiger partial charge in [0.05, 0.1) is 32.8 Å². The molecule has 8 rings (SSSR count). The number of ketones is 1. The number of anilines is 1. The summed E-state index contributed by atoms with van der Waals surface area (Å²) in [5.41, 5.74) is 3.95. The summed E-state index contributed by atoms with van der Waals surface area (Å²) in [7, 11) is -4.54. The van der Waals surface area contributed by atoms with Gasteiger partial charge in [-0.15, -0.1) is 25.7 Å². The molecule has 3 unspecified atom stereocenters. The fourth-order valence-electron chi connectivity index (χ4n) is 7.48. The molecule has 54 heavy (non-hydrogen) atoms. The summed E-state index contributed by atoms with van der Waals surface area (Å²) < 4.78 is 45.4. The number of Topliss-reactive ketones (excluding diaryl/α,β-unsaturated/α-hetero) is 1. The van der Waals surface area contributed by atoms with E-state index in [9.17, 15) is 17.4 Å². The van der Waals surface area contributed by atoms with Gasteiger partial charge >= 0.3 is 0 Å². The summed E-state index contributed by atoms with van der Waals surface area (Å²) in [4.78, 5) is 22.2. The number of carbonyl (C=O) groups excluding carboxylic acids is 1. The lowest BCUT2D eigenvalue weighted by Gasteiger charge is -2.59. The highest BCUT2D eigenvalue weighted by atomic mass is 35.5. The quantitative estimate of drug-likeness (QED) is 0.166. The molecule has 2 N–H and O–H groups in total. The van der Waals surface area contributed by atoms with E-state index in [0.29, 0.717) is 50.6 Å². The molecule has 0 radical (unpaired) electrons. The first-order valence-corrected chi connectivity index (χ1v) is 21.0. The number of hydrogen-bond donors (Lipinski definition) is 2. The van der Waals surface area contributed by atoms with E-state index in [1.165, 1.54) is 6.42 Å². The Morgan fingerprint density at radius 3 is 2.13 bits per heavy atom. The van der Waals surface area contributed by atoms with Gasteiger partial charge in [-0.2, -0.15) is 13.5 Å². The number of nitrogens with zero attached hydrogens (tertiary/aromatic N) is 5. The maximum Gasteiger partial charge on any atom is 0.261 e. The Hall–Kier alpha value is -4.02. The summed E-state index contributed by atoms with van der Waals surface area (Å²) >= 11 is 12.4. The van der Waals surface area contributed by atoms with Gasteiger partial charge in [-0.1, -0.05) is 37.0 Å². The molecule has 1 aromatic carbocycles. The second kappa shape index (κ2) is 17.6. The van der Waals surface area contributed by atoms with E-state index in [-0.39, 0.29) is 12.0 Å². The number of hydrogen-bond acceptors (Lipinski definition) is 9. The van der Waals surface area contributed by atoms with E-state index in [4.69, 9.17) is 37.5 Å². The summed E-state index contributed by atoms with van der Waals surface area (Å²) in [5.74, 6) is 3.29. The third-order valence-electron chi connectivity index (χ3n) is 10.2. The van der Waals surface area contributed by atoms with Crippen LogP contribution in [0.25, 0.3) is 22.2 Å². The predicted molar refractivity (Wildman–Crippen MR) is 215 cm³/mol. The number of pyridine rings is 2. The summed E-state index contributed by atoms with van der Waals surface area (Å²) in [5, 5.41) is 9.47. The largest absolute Gasteiger partial charge is 0.489 e. The van der Waals surface area contributed by atoms with Crippen LogP contribution in [0.1, 0.15) is 38.7 Å². The molecule has 4 fully saturated rings. The number of terminal acetylenes is 2. The van der Waals surface area contributed by atoms with Crippen LogP contribution in [-0.4, -0.2) is 86.1 Å². The molecule has 2 aliphatic carbocycles. The lowest BCUT2D eigenvalue weighted by atomic mass is 9.74. The highest BCUT2D eigenvalue weighted by Crippen LogP contribution is 2.55. The molecule has 2 saturated carbocycles. The number of aromatic amines is 1. The molecule has 3 atom stereocenters. The molecule has 4 aromatic rings. The first-order valence-electron chi connectivity index (χ1n) is 16.8. The van der Waals surface area contributed by atoms with Gasteiger partial charge in [-0.05, 0) is 54.5 Å². The zero-order valence-electron chi connectivity index (χ0n) is 30.5. The Kier molecular flexibility index (Phi) is 13.9. The van der Waals surface area contributed by atoms with Crippen molar-refractivity contribution in [2.75, 3.05) is 43.6 Å². The Labute approximate surface area is 329 Å². The molecular formula is C38H44Cl2N6O6S2. The monoisotopic (exact) mass is 814 g/mol. The second-order valence-electron chi connectivity index (χ2n) is 14.2. The Morgan fingerprint density at radius 1 is 1.02 bits per heavy atom. The minimum Gasteiger partial charge on any atom is -0.489 e. The van der Waals surface area contributed by atoms with Crippen LogP contribution in [0.15, 0.2) is 48.9 Å². The number of rotatable bonds is 6. The van der Waals surface area contributed by atoms with Crippen LogP contribution >= 0.6 is 23.2 Å². The third-order valence-corrected chi connectivity index (χ3v) is 11.9. The van der Waals surface area contributed by atoms with E-state index in [1.807, 2.05) is 40.8 Å².